The molecule has 1 N–H and O–H groups in total. The molecule has 0 radical (unpaired) electrons. The Balaban J connectivity index is 2.66. The molecule has 1 amide bonds. The molecule has 1 heterocycles. The molecule has 1 unspecified atom stereocenters. The minimum absolute atomic E-state index is 0.0698. The largest absolute Gasteiger partial charge is 0.466 e. The van der Waals surface area contributed by atoms with E-state index in [0.29, 0.717) is 30.2 Å². The van der Waals surface area contributed by atoms with Gasteiger partial charge in [-0.05, 0) is 26.3 Å². The smallest absolute Gasteiger partial charge is 0.255 e. The van der Waals surface area contributed by atoms with Crippen LogP contribution in [0, 0.1) is 13.8 Å². The summed E-state index contributed by atoms with van der Waals surface area (Å²) in [6, 6.07) is 1.66. The van der Waals surface area contributed by atoms with Crippen molar-refractivity contribution in [1.82, 2.24) is 5.32 Å². The van der Waals surface area contributed by atoms with Crippen molar-refractivity contribution in [3.63, 3.8) is 0 Å². The minimum Gasteiger partial charge on any atom is -0.466 e. The van der Waals surface area contributed by atoms with Crippen LogP contribution in [-0.4, -0.2) is 31.5 Å². The van der Waals surface area contributed by atoms with Gasteiger partial charge in [0.15, 0.2) is 0 Å². The fraction of sp³-hybridized carbons (Fsp3) is 0.583. The third-order valence-corrected chi connectivity index (χ3v) is 2.66. The fourth-order valence-electron chi connectivity index (χ4n) is 1.65. The van der Waals surface area contributed by atoms with E-state index >= 15 is 0 Å². The molecule has 0 spiro atoms. The van der Waals surface area contributed by atoms with E-state index in [-0.39, 0.29) is 11.9 Å². The van der Waals surface area contributed by atoms with Crippen LogP contribution in [0.1, 0.15) is 28.3 Å². The molecular formula is C12H18ClNO3. The molecular weight excluding hydrogens is 242 g/mol. The van der Waals surface area contributed by atoms with Crippen LogP contribution in [0.5, 0.6) is 0 Å². The van der Waals surface area contributed by atoms with Gasteiger partial charge in [-0.1, -0.05) is 0 Å². The van der Waals surface area contributed by atoms with Crippen molar-refractivity contribution in [2.75, 3.05) is 19.6 Å². The van der Waals surface area contributed by atoms with Crippen LogP contribution in [0.3, 0.4) is 0 Å². The van der Waals surface area contributed by atoms with E-state index in [4.69, 9.17) is 20.8 Å². The molecule has 96 valence electrons. The Morgan fingerprint density at radius 2 is 2.29 bits per heavy atom. The van der Waals surface area contributed by atoms with E-state index in [1.165, 1.54) is 0 Å². The van der Waals surface area contributed by atoms with Crippen molar-refractivity contribution < 1.29 is 13.9 Å². The number of hydrogen-bond donors (Lipinski definition) is 1. The summed E-state index contributed by atoms with van der Waals surface area (Å²) >= 11 is 5.67. The van der Waals surface area contributed by atoms with Gasteiger partial charge in [0.1, 0.15) is 11.5 Å². The number of nitrogens with one attached hydrogen (secondary N) is 1. The predicted molar refractivity (Wildman–Crippen MR) is 66.6 cm³/mol. The Bertz CT molecular complexity index is 370. The summed E-state index contributed by atoms with van der Waals surface area (Å²) in [4.78, 5) is 12.0. The summed E-state index contributed by atoms with van der Waals surface area (Å²) in [6.07, 6.45) is 0.678. The SMILES string of the molecule is COCC(CCCl)NC(=O)c1cc(C)oc1C. The topological polar surface area (TPSA) is 51.5 Å². The van der Waals surface area contributed by atoms with E-state index in [1.807, 2.05) is 6.92 Å². The van der Waals surface area contributed by atoms with Crippen molar-refractivity contribution in [1.29, 1.82) is 0 Å². The zero-order valence-corrected chi connectivity index (χ0v) is 11.1. The van der Waals surface area contributed by atoms with Crippen LogP contribution in [-0.2, 0) is 4.74 Å². The summed E-state index contributed by atoms with van der Waals surface area (Å²) in [5, 5.41) is 2.88. The van der Waals surface area contributed by atoms with Gasteiger partial charge in [-0.2, -0.15) is 0 Å². The molecule has 0 saturated carbocycles. The summed E-state index contributed by atoms with van der Waals surface area (Å²) in [7, 11) is 1.60. The number of rotatable bonds is 6. The van der Waals surface area contributed by atoms with Gasteiger partial charge < -0.3 is 14.5 Å². The first-order valence-electron chi connectivity index (χ1n) is 5.51. The maximum Gasteiger partial charge on any atom is 0.255 e. The molecule has 0 saturated heterocycles. The number of carbonyl (C=O) groups excluding carboxylic acids is 1. The van der Waals surface area contributed by atoms with Gasteiger partial charge in [0.2, 0.25) is 0 Å². The molecule has 0 aromatic carbocycles. The zero-order valence-electron chi connectivity index (χ0n) is 10.4. The third-order valence-electron chi connectivity index (χ3n) is 2.45. The lowest BCUT2D eigenvalue weighted by Crippen LogP contribution is -2.38. The molecule has 0 aliphatic rings. The molecule has 1 rings (SSSR count). The highest BCUT2D eigenvalue weighted by Gasteiger charge is 2.17. The van der Waals surface area contributed by atoms with Crippen LogP contribution in [0.25, 0.3) is 0 Å². The van der Waals surface area contributed by atoms with Crippen molar-refractivity contribution in [2.24, 2.45) is 0 Å². The lowest BCUT2D eigenvalue weighted by molar-refractivity contribution is 0.0893. The third kappa shape index (κ3) is 4.06. The minimum atomic E-state index is -0.147. The number of halogens is 1. The van der Waals surface area contributed by atoms with Gasteiger partial charge >= 0.3 is 0 Å². The normalized spacial score (nSPS) is 12.5. The first-order valence-corrected chi connectivity index (χ1v) is 6.04. The monoisotopic (exact) mass is 259 g/mol. The average Bonchev–Trinajstić information content (AvgIpc) is 2.58. The maximum atomic E-state index is 12.0. The summed E-state index contributed by atoms with van der Waals surface area (Å²) in [5.41, 5.74) is 0.568. The number of aryl methyl sites for hydroxylation is 2. The summed E-state index contributed by atoms with van der Waals surface area (Å²) in [5.74, 6) is 1.69. The van der Waals surface area contributed by atoms with Gasteiger partial charge in [0.05, 0.1) is 18.2 Å². The Hall–Kier alpha value is -1.00. The van der Waals surface area contributed by atoms with Crippen LogP contribution in [0.15, 0.2) is 10.5 Å². The number of alkyl halides is 1. The van der Waals surface area contributed by atoms with Crippen molar-refractivity contribution >= 4 is 17.5 Å². The van der Waals surface area contributed by atoms with Crippen molar-refractivity contribution in [2.45, 2.75) is 26.3 Å². The summed E-state index contributed by atoms with van der Waals surface area (Å²) < 4.78 is 10.4. The Labute approximate surface area is 106 Å². The highest BCUT2D eigenvalue weighted by atomic mass is 35.5. The van der Waals surface area contributed by atoms with Crippen LogP contribution in [0.4, 0.5) is 0 Å². The quantitative estimate of drug-likeness (QED) is 0.798. The van der Waals surface area contributed by atoms with Gasteiger partial charge in [-0.3, -0.25) is 4.79 Å². The molecule has 4 nitrogen and oxygen atoms in total. The second-order valence-corrected chi connectivity index (χ2v) is 4.31. The van der Waals surface area contributed by atoms with Gasteiger partial charge in [0, 0.05) is 13.0 Å². The van der Waals surface area contributed by atoms with Gasteiger partial charge in [-0.25, -0.2) is 0 Å². The van der Waals surface area contributed by atoms with Crippen LogP contribution < -0.4 is 5.32 Å². The van der Waals surface area contributed by atoms with E-state index in [1.54, 1.807) is 20.1 Å². The number of methoxy groups -OCH3 is 1. The Morgan fingerprint density at radius 3 is 2.76 bits per heavy atom. The maximum absolute atomic E-state index is 12.0. The second-order valence-electron chi connectivity index (χ2n) is 3.93. The van der Waals surface area contributed by atoms with E-state index < -0.39 is 0 Å². The highest BCUT2D eigenvalue weighted by molar-refractivity contribution is 6.17. The number of furan rings is 1. The molecule has 1 aromatic heterocycles. The van der Waals surface area contributed by atoms with Crippen molar-refractivity contribution in [3.05, 3.63) is 23.2 Å². The number of hydrogen-bond acceptors (Lipinski definition) is 3. The van der Waals surface area contributed by atoms with Crippen LogP contribution >= 0.6 is 11.6 Å². The number of amides is 1. The number of carbonyl (C=O) groups is 1. The molecule has 17 heavy (non-hydrogen) atoms. The molecule has 1 atom stereocenters. The first-order chi connectivity index (χ1) is 8.08. The molecule has 0 bridgehead atoms. The Morgan fingerprint density at radius 1 is 1.59 bits per heavy atom. The lowest BCUT2D eigenvalue weighted by atomic mass is 10.2. The Kier molecular flexibility index (Phi) is 5.51. The highest BCUT2D eigenvalue weighted by Crippen LogP contribution is 2.13. The van der Waals surface area contributed by atoms with Gasteiger partial charge in [-0.15, -0.1) is 11.6 Å². The van der Waals surface area contributed by atoms with Crippen LogP contribution in [0.2, 0.25) is 0 Å². The fourth-order valence-corrected chi connectivity index (χ4v) is 1.91. The summed E-state index contributed by atoms with van der Waals surface area (Å²) in [6.45, 7) is 4.04. The van der Waals surface area contributed by atoms with E-state index in [9.17, 15) is 4.79 Å². The molecule has 1 aromatic rings. The molecule has 0 fully saturated rings. The standard InChI is InChI=1S/C12H18ClNO3/c1-8-6-11(9(2)17-8)12(15)14-10(4-5-13)7-16-3/h6,10H,4-5,7H2,1-3H3,(H,14,15). The lowest BCUT2D eigenvalue weighted by Gasteiger charge is -2.16. The number of ether oxygens (including phenoxy) is 1. The zero-order chi connectivity index (χ0) is 12.8. The molecule has 5 heteroatoms. The molecule has 0 aliphatic carbocycles. The van der Waals surface area contributed by atoms with E-state index in [0.717, 1.165) is 5.76 Å². The second kappa shape index (κ2) is 6.67. The van der Waals surface area contributed by atoms with E-state index in [2.05, 4.69) is 5.32 Å². The molecule has 0 aliphatic heterocycles. The first kappa shape index (κ1) is 14.1. The average molecular weight is 260 g/mol. The van der Waals surface area contributed by atoms with Gasteiger partial charge in [0.25, 0.3) is 5.91 Å². The predicted octanol–water partition coefficient (Wildman–Crippen LogP) is 2.27. The van der Waals surface area contributed by atoms with Crippen molar-refractivity contribution in [3.8, 4) is 0 Å².